The van der Waals surface area contributed by atoms with Gasteiger partial charge in [0, 0.05) is 23.2 Å². The van der Waals surface area contributed by atoms with Crippen LogP contribution in [0, 0.1) is 6.92 Å². The number of alkyl halides is 3. The summed E-state index contributed by atoms with van der Waals surface area (Å²) in [5, 5.41) is 0. The zero-order chi connectivity index (χ0) is 15.2. The van der Waals surface area contributed by atoms with Crippen molar-refractivity contribution in [3.05, 3.63) is 53.2 Å². The van der Waals surface area contributed by atoms with E-state index in [4.69, 9.17) is 5.73 Å². The Labute approximate surface area is 133 Å². The van der Waals surface area contributed by atoms with Gasteiger partial charge >= 0.3 is 6.18 Å². The normalized spacial score (nSPS) is 20.4. The Morgan fingerprint density at radius 2 is 1.86 bits per heavy atom. The molecule has 1 aromatic heterocycles. The van der Waals surface area contributed by atoms with E-state index in [-0.39, 0.29) is 18.4 Å². The highest BCUT2D eigenvalue weighted by molar-refractivity contribution is 5.85. The van der Waals surface area contributed by atoms with Gasteiger partial charge < -0.3 is 5.73 Å². The lowest BCUT2D eigenvalue weighted by molar-refractivity contribution is -0.137. The summed E-state index contributed by atoms with van der Waals surface area (Å²) in [6, 6.07) is 9.11. The van der Waals surface area contributed by atoms with E-state index < -0.39 is 11.7 Å². The van der Waals surface area contributed by atoms with Gasteiger partial charge in [0.2, 0.25) is 0 Å². The summed E-state index contributed by atoms with van der Waals surface area (Å²) >= 11 is 0. The van der Waals surface area contributed by atoms with Crippen LogP contribution in [0.15, 0.2) is 36.4 Å². The molecular formula is C16H16ClF3N2. The molecule has 0 bridgehead atoms. The summed E-state index contributed by atoms with van der Waals surface area (Å²) in [5.41, 5.74) is 8.13. The summed E-state index contributed by atoms with van der Waals surface area (Å²) in [4.78, 5) is 4.44. The fraction of sp³-hybridized carbons (Fsp3) is 0.312. The summed E-state index contributed by atoms with van der Waals surface area (Å²) in [7, 11) is 0. The molecule has 1 aliphatic rings. The lowest BCUT2D eigenvalue weighted by Crippen LogP contribution is -2.05. The van der Waals surface area contributed by atoms with Gasteiger partial charge in [0.25, 0.3) is 0 Å². The van der Waals surface area contributed by atoms with Crippen molar-refractivity contribution in [1.29, 1.82) is 0 Å². The lowest BCUT2D eigenvalue weighted by Gasteiger charge is -2.10. The number of aromatic nitrogens is 1. The van der Waals surface area contributed by atoms with Crippen LogP contribution in [-0.4, -0.2) is 11.0 Å². The van der Waals surface area contributed by atoms with Gasteiger partial charge in [0.1, 0.15) is 0 Å². The molecule has 3 rings (SSSR count). The van der Waals surface area contributed by atoms with Crippen molar-refractivity contribution in [2.75, 3.05) is 0 Å². The third kappa shape index (κ3) is 3.25. The zero-order valence-electron chi connectivity index (χ0n) is 11.9. The number of halogens is 4. The highest BCUT2D eigenvalue weighted by atomic mass is 35.5. The van der Waals surface area contributed by atoms with Gasteiger partial charge in [0.05, 0.1) is 11.3 Å². The van der Waals surface area contributed by atoms with Crippen molar-refractivity contribution in [1.82, 2.24) is 4.98 Å². The molecule has 1 heterocycles. The molecule has 1 saturated carbocycles. The van der Waals surface area contributed by atoms with Crippen molar-refractivity contribution in [3.8, 4) is 11.3 Å². The van der Waals surface area contributed by atoms with E-state index in [1.165, 1.54) is 6.07 Å². The highest BCUT2D eigenvalue weighted by Crippen LogP contribution is 2.40. The average molecular weight is 329 g/mol. The van der Waals surface area contributed by atoms with Crippen molar-refractivity contribution >= 4 is 12.4 Å². The number of hydrogen-bond donors (Lipinski definition) is 1. The number of nitrogens with two attached hydrogens (primary N) is 1. The third-order valence-corrected chi connectivity index (χ3v) is 3.85. The summed E-state index contributed by atoms with van der Waals surface area (Å²) in [6.07, 6.45) is -3.39. The van der Waals surface area contributed by atoms with Crippen LogP contribution >= 0.6 is 12.4 Å². The van der Waals surface area contributed by atoms with Gasteiger partial charge in [-0.1, -0.05) is 18.2 Å². The number of aryl methyl sites for hydroxylation is 1. The van der Waals surface area contributed by atoms with Crippen molar-refractivity contribution in [2.24, 2.45) is 5.73 Å². The monoisotopic (exact) mass is 328 g/mol. The Morgan fingerprint density at radius 1 is 1.18 bits per heavy atom. The van der Waals surface area contributed by atoms with E-state index in [0.717, 1.165) is 29.8 Å². The van der Waals surface area contributed by atoms with E-state index >= 15 is 0 Å². The minimum absolute atomic E-state index is 0. The molecule has 2 nitrogen and oxygen atoms in total. The standard InChI is InChI=1S/C16H15F3N2.ClH/c1-9-12(13-8-14(13)20)5-6-15(21-9)10-3-2-4-11(7-10)16(17,18)19;/h2-7,13-14H,8,20H2,1H3;1H. The predicted molar refractivity (Wildman–Crippen MR) is 82.0 cm³/mol. The fourth-order valence-electron chi connectivity index (χ4n) is 2.55. The molecule has 0 amide bonds. The van der Waals surface area contributed by atoms with Gasteiger partial charge in [-0.25, -0.2) is 0 Å². The molecule has 1 aliphatic carbocycles. The largest absolute Gasteiger partial charge is 0.416 e. The van der Waals surface area contributed by atoms with E-state index in [1.807, 2.05) is 13.0 Å². The first-order chi connectivity index (χ1) is 9.86. The molecule has 0 radical (unpaired) electrons. The molecule has 2 atom stereocenters. The van der Waals surface area contributed by atoms with Gasteiger partial charge in [0.15, 0.2) is 0 Å². The first-order valence-corrected chi connectivity index (χ1v) is 6.77. The molecule has 2 N–H and O–H groups in total. The number of rotatable bonds is 2. The predicted octanol–water partition coefficient (Wildman–Crippen LogP) is 4.31. The smallest absolute Gasteiger partial charge is 0.327 e. The summed E-state index contributed by atoms with van der Waals surface area (Å²) < 4.78 is 38.2. The molecule has 1 fully saturated rings. The average Bonchev–Trinajstić information content (AvgIpc) is 3.14. The fourth-order valence-corrected chi connectivity index (χ4v) is 2.55. The Kier molecular flexibility index (Phi) is 4.49. The number of nitrogens with zero attached hydrogens (tertiary/aromatic N) is 1. The van der Waals surface area contributed by atoms with E-state index in [2.05, 4.69) is 4.98 Å². The van der Waals surface area contributed by atoms with Crippen molar-refractivity contribution in [3.63, 3.8) is 0 Å². The maximum absolute atomic E-state index is 12.7. The van der Waals surface area contributed by atoms with Crippen LogP contribution in [0.3, 0.4) is 0 Å². The molecular weight excluding hydrogens is 313 g/mol. The van der Waals surface area contributed by atoms with Crippen LogP contribution in [0.4, 0.5) is 13.2 Å². The molecule has 22 heavy (non-hydrogen) atoms. The minimum atomic E-state index is -4.34. The zero-order valence-corrected chi connectivity index (χ0v) is 12.7. The summed E-state index contributed by atoms with van der Waals surface area (Å²) in [5.74, 6) is 0.341. The Bertz CT molecular complexity index is 685. The van der Waals surface area contributed by atoms with E-state index in [9.17, 15) is 13.2 Å². The van der Waals surface area contributed by atoms with Crippen LogP contribution < -0.4 is 5.73 Å². The quantitative estimate of drug-likeness (QED) is 0.892. The van der Waals surface area contributed by atoms with Gasteiger partial charge in [-0.15, -0.1) is 12.4 Å². The van der Waals surface area contributed by atoms with Gasteiger partial charge in [-0.2, -0.15) is 13.2 Å². The van der Waals surface area contributed by atoms with Crippen LogP contribution in [0.25, 0.3) is 11.3 Å². The Balaban J connectivity index is 0.00000176. The molecule has 2 aromatic rings. The Hall–Kier alpha value is -1.59. The molecule has 0 aliphatic heterocycles. The van der Waals surface area contributed by atoms with Crippen molar-refractivity contribution < 1.29 is 13.2 Å². The maximum atomic E-state index is 12.7. The molecule has 6 heteroatoms. The molecule has 2 unspecified atom stereocenters. The topological polar surface area (TPSA) is 38.9 Å². The SMILES string of the molecule is Cc1nc(-c2cccc(C(F)(F)F)c2)ccc1C1CC1N.Cl. The molecule has 118 valence electrons. The minimum Gasteiger partial charge on any atom is -0.327 e. The third-order valence-electron chi connectivity index (χ3n) is 3.85. The van der Waals surface area contributed by atoms with E-state index in [0.29, 0.717) is 17.2 Å². The molecule has 1 aromatic carbocycles. The van der Waals surface area contributed by atoms with E-state index in [1.54, 1.807) is 12.1 Å². The second-order valence-electron chi connectivity index (χ2n) is 5.46. The van der Waals surface area contributed by atoms with Crippen LogP contribution in [0.1, 0.15) is 29.2 Å². The van der Waals surface area contributed by atoms with Gasteiger partial charge in [-0.05, 0) is 37.1 Å². The first-order valence-electron chi connectivity index (χ1n) is 6.77. The first kappa shape index (κ1) is 16.8. The number of benzene rings is 1. The van der Waals surface area contributed by atoms with Crippen LogP contribution in [-0.2, 0) is 6.18 Å². The van der Waals surface area contributed by atoms with Crippen molar-refractivity contribution in [2.45, 2.75) is 31.5 Å². The van der Waals surface area contributed by atoms with Crippen LogP contribution in [0.2, 0.25) is 0 Å². The number of pyridine rings is 1. The molecule has 0 spiro atoms. The second kappa shape index (κ2) is 5.89. The maximum Gasteiger partial charge on any atom is 0.416 e. The van der Waals surface area contributed by atoms with Gasteiger partial charge in [-0.3, -0.25) is 4.98 Å². The second-order valence-corrected chi connectivity index (χ2v) is 5.46. The number of hydrogen-bond acceptors (Lipinski definition) is 2. The lowest BCUT2D eigenvalue weighted by atomic mass is 10.0. The molecule has 0 saturated heterocycles. The summed E-state index contributed by atoms with van der Waals surface area (Å²) in [6.45, 7) is 1.87. The highest BCUT2D eigenvalue weighted by Gasteiger charge is 2.36. The van der Waals surface area contributed by atoms with Crippen LogP contribution in [0.5, 0.6) is 0 Å². The Morgan fingerprint density at radius 3 is 2.41 bits per heavy atom.